The number of halogens is 2. The summed E-state index contributed by atoms with van der Waals surface area (Å²) in [6.45, 7) is 1.68. The minimum atomic E-state index is -0.229. The summed E-state index contributed by atoms with van der Waals surface area (Å²) in [5.41, 5.74) is 0.585. The molecule has 0 fully saturated rings. The van der Waals surface area contributed by atoms with Crippen molar-refractivity contribution in [3.63, 3.8) is 0 Å². The monoisotopic (exact) mass is 341 g/mol. The van der Waals surface area contributed by atoms with Crippen LogP contribution >= 0.6 is 43.2 Å². The van der Waals surface area contributed by atoms with Gasteiger partial charge in [-0.2, -0.15) is 0 Å². The van der Waals surface area contributed by atoms with Crippen molar-refractivity contribution < 1.29 is 9.90 Å². The third-order valence-corrected chi connectivity index (χ3v) is 3.89. The summed E-state index contributed by atoms with van der Waals surface area (Å²) in [7, 11) is 0. The molecule has 0 aromatic carbocycles. The van der Waals surface area contributed by atoms with E-state index in [9.17, 15) is 4.79 Å². The Morgan fingerprint density at radius 1 is 1.71 bits per heavy atom. The van der Waals surface area contributed by atoms with Crippen molar-refractivity contribution in [1.82, 2.24) is 5.32 Å². The summed E-state index contributed by atoms with van der Waals surface area (Å²) in [4.78, 5) is 11.6. The molecule has 1 aromatic heterocycles. The number of carbonyl (C=O) groups excluding carboxylic acids is 1. The Labute approximate surface area is 103 Å². The first kappa shape index (κ1) is 12.2. The van der Waals surface area contributed by atoms with Crippen LogP contribution in [0, 0.1) is 0 Å². The molecule has 1 amide bonds. The maximum atomic E-state index is 11.6. The van der Waals surface area contributed by atoms with Crippen LogP contribution < -0.4 is 5.32 Å². The summed E-state index contributed by atoms with van der Waals surface area (Å²) < 4.78 is 1.68. The molecule has 0 saturated heterocycles. The van der Waals surface area contributed by atoms with Gasteiger partial charge in [0.15, 0.2) is 0 Å². The second-order valence-electron chi connectivity index (χ2n) is 2.79. The molecule has 0 saturated carbocycles. The van der Waals surface area contributed by atoms with Crippen LogP contribution in [0.1, 0.15) is 17.3 Å². The summed E-state index contributed by atoms with van der Waals surface area (Å²) >= 11 is 8.03. The lowest BCUT2D eigenvalue weighted by Gasteiger charge is -2.09. The average Bonchev–Trinajstić information content (AvgIpc) is 2.45. The molecule has 0 bridgehead atoms. The fourth-order valence-electron chi connectivity index (χ4n) is 0.842. The minimum absolute atomic E-state index is 0.0608. The molecule has 0 unspecified atom stereocenters. The molecule has 3 nitrogen and oxygen atoms in total. The van der Waals surface area contributed by atoms with E-state index < -0.39 is 0 Å². The summed E-state index contributed by atoms with van der Waals surface area (Å²) in [6, 6.07) is 1.52. The highest BCUT2D eigenvalue weighted by Gasteiger charge is 2.14. The maximum Gasteiger partial charge on any atom is 0.253 e. The second kappa shape index (κ2) is 5.25. The highest BCUT2D eigenvalue weighted by atomic mass is 79.9. The molecule has 0 radical (unpaired) electrons. The first-order chi connectivity index (χ1) is 6.54. The minimum Gasteiger partial charge on any atom is -0.394 e. The van der Waals surface area contributed by atoms with Gasteiger partial charge in [0.25, 0.3) is 5.91 Å². The van der Waals surface area contributed by atoms with Crippen molar-refractivity contribution >= 4 is 49.1 Å². The second-order valence-corrected chi connectivity index (χ2v) is 6.54. The summed E-state index contributed by atoms with van der Waals surface area (Å²) in [5, 5.41) is 11.4. The van der Waals surface area contributed by atoms with Crippen molar-refractivity contribution in [3.8, 4) is 0 Å². The molecular weight excluding hydrogens is 334 g/mol. The normalized spacial score (nSPS) is 12.6. The number of thiophene rings is 1. The lowest BCUT2D eigenvalue weighted by atomic mass is 10.3. The quantitative estimate of drug-likeness (QED) is 0.886. The zero-order valence-corrected chi connectivity index (χ0v) is 11.4. The molecule has 1 heterocycles. The van der Waals surface area contributed by atoms with Gasteiger partial charge < -0.3 is 10.4 Å². The van der Waals surface area contributed by atoms with Crippen molar-refractivity contribution in [1.29, 1.82) is 0 Å². The smallest absolute Gasteiger partial charge is 0.253 e. The zero-order valence-electron chi connectivity index (χ0n) is 7.38. The molecule has 14 heavy (non-hydrogen) atoms. The number of aliphatic hydroxyl groups excluding tert-OH is 1. The largest absolute Gasteiger partial charge is 0.394 e. The van der Waals surface area contributed by atoms with E-state index in [0.717, 1.165) is 7.57 Å². The van der Waals surface area contributed by atoms with Gasteiger partial charge in [-0.1, -0.05) is 0 Å². The van der Waals surface area contributed by atoms with Gasteiger partial charge in [-0.25, -0.2) is 0 Å². The van der Waals surface area contributed by atoms with E-state index in [1.807, 2.05) is 0 Å². The van der Waals surface area contributed by atoms with E-state index in [1.165, 1.54) is 11.3 Å². The van der Waals surface area contributed by atoms with E-state index >= 15 is 0 Å². The molecule has 0 aliphatic heterocycles. The van der Waals surface area contributed by atoms with Crippen molar-refractivity contribution in [2.24, 2.45) is 0 Å². The molecule has 0 aliphatic rings. The highest BCUT2D eigenvalue weighted by Crippen LogP contribution is 2.31. The van der Waals surface area contributed by atoms with Crippen LogP contribution in [-0.4, -0.2) is 23.7 Å². The van der Waals surface area contributed by atoms with Gasteiger partial charge in [0.1, 0.15) is 0 Å². The number of hydrogen-bond acceptors (Lipinski definition) is 3. The van der Waals surface area contributed by atoms with Crippen molar-refractivity contribution in [2.45, 2.75) is 13.0 Å². The third kappa shape index (κ3) is 3.05. The molecule has 0 aliphatic carbocycles. The maximum absolute atomic E-state index is 11.6. The first-order valence-electron chi connectivity index (χ1n) is 3.91. The number of aliphatic hydroxyl groups is 1. The van der Waals surface area contributed by atoms with Gasteiger partial charge in [-0.3, -0.25) is 4.79 Å². The van der Waals surface area contributed by atoms with Gasteiger partial charge in [-0.05, 0) is 44.8 Å². The van der Waals surface area contributed by atoms with Crippen molar-refractivity contribution in [2.75, 3.05) is 6.61 Å². The van der Waals surface area contributed by atoms with Crippen LogP contribution in [0.4, 0.5) is 0 Å². The first-order valence-corrected chi connectivity index (χ1v) is 6.31. The number of amides is 1. The summed E-state index contributed by atoms with van der Waals surface area (Å²) in [5.74, 6) is -0.180. The fraction of sp³-hybridized carbons (Fsp3) is 0.375. The predicted molar refractivity (Wildman–Crippen MR) is 63.7 cm³/mol. The molecule has 0 spiro atoms. The fourth-order valence-corrected chi connectivity index (χ4v) is 3.64. The van der Waals surface area contributed by atoms with E-state index in [-0.39, 0.29) is 18.6 Å². The molecule has 6 heteroatoms. The molecule has 78 valence electrons. The molecule has 2 N–H and O–H groups in total. The lowest BCUT2D eigenvalue weighted by molar-refractivity contribution is 0.0922. The zero-order chi connectivity index (χ0) is 10.7. The van der Waals surface area contributed by atoms with Crippen LogP contribution in [-0.2, 0) is 0 Å². The van der Waals surface area contributed by atoms with Crippen LogP contribution in [0.15, 0.2) is 13.6 Å². The standard InChI is InChI=1S/C8H9Br2NO2S/c1-4(3-12)11-8(13)5-2-6(9)14-7(5)10/h2,4,12H,3H2,1H3,(H,11,13)/t4-/m1/s1. The van der Waals surface area contributed by atoms with Gasteiger partial charge >= 0.3 is 0 Å². The SMILES string of the molecule is C[C@H](CO)NC(=O)c1cc(Br)sc1Br. The Morgan fingerprint density at radius 3 is 2.79 bits per heavy atom. The summed E-state index contributed by atoms with van der Waals surface area (Å²) in [6.07, 6.45) is 0. The van der Waals surface area contributed by atoms with E-state index in [2.05, 4.69) is 37.2 Å². The van der Waals surface area contributed by atoms with Crippen LogP contribution in [0.3, 0.4) is 0 Å². The van der Waals surface area contributed by atoms with E-state index in [0.29, 0.717) is 5.56 Å². The Balaban J connectivity index is 2.74. The Bertz CT molecular complexity index is 340. The molecule has 1 atom stereocenters. The molecule has 1 rings (SSSR count). The van der Waals surface area contributed by atoms with Crippen molar-refractivity contribution in [3.05, 3.63) is 19.2 Å². The lowest BCUT2D eigenvalue weighted by Crippen LogP contribution is -2.34. The van der Waals surface area contributed by atoms with Crippen LogP contribution in [0.2, 0.25) is 0 Å². The number of rotatable bonds is 3. The molecular formula is C8H9Br2NO2S. The van der Waals surface area contributed by atoms with Gasteiger partial charge in [0.05, 0.1) is 19.7 Å². The Hall–Kier alpha value is 0.0900. The average molecular weight is 343 g/mol. The van der Waals surface area contributed by atoms with Crippen LogP contribution in [0.25, 0.3) is 0 Å². The van der Waals surface area contributed by atoms with Crippen LogP contribution in [0.5, 0.6) is 0 Å². The molecule has 1 aromatic rings. The Morgan fingerprint density at radius 2 is 2.36 bits per heavy atom. The topological polar surface area (TPSA) is 49.3 Å². The van der Waals surface area contributed by atoms with Gasteiger partial charge in [0.2, 0.25) is 0 Å². The highest BCUT2D eigenvalue weighted by molar-refractivity contribution is 9.12. The Kier molecular flexibility index (Phi) is 4.56. The van der Waals surface area contributed by atoms with E-state index in [4.69, 9.17) is 5.11 Å². The van der Waals surface area contributed by atoms with Gasteiger partial charge in [-0.15, -0.1) is 11.3 Å². The van der Waals surface area contributed by atoms with Gasteiger partial charge in [0, 0.05) is 6.04 Å². The van der Waals surface area contributed by atoms with E-state index in [1.54, 1.807) is 13.0 Å². The number of carbonyl (C=O) groups is 1. The predicted octanol–water partition coefficient (Wildman–Crippen LogP) is 2.38. The third-order valence-electron chi connectivity index (χ3n) is 1.55. The number of hydrogen-bond donors (Lipinski definition) is 2. The number of nitrogens with one attached hydrogen (secondary N) is 1.